The van der Waals surface area contributed by atoms with Gasteiger partial charge in [-0.25, -0.2) is 0 Å². The molecule has 2 nitrogen and oxygen atoms in total. The van der Waals surface area contributed by atoms with Crippen LogP contribution in [0.3, 0.4) is 0 Å². The van der Waals surface area contributed by atoms with Crippen molar-refractivity contribution in [3.63, 3.8) is 0 Å². The standard InChI is InChI=1S/C11H20.C8H8O2.C3H8.C2H6/c1-2-9-6-10-4-3-5-11(7-9)8-10;9-7-10-6-8-4-2-1-3-5-8;1-3-2;1-2/h9-11H,2-8H2,1H3;1-5,7H,6H2;3H2,1-2H3;1-2H3. The van der Waals surface area contributed by atoms with Crippen molar-refractivity contribution < 1.29 is 9.53 Å². The Bertz CT molecular complexity index is 403. The lowest BCUT2D eigenvalue weighted by Crippen LogP contribution is -2.26. The van der Waals surface area contributed by atoms with E-state index in [1.165, 1.54) is 19.3 Å². The molecule has 2 fully saturated rings. The molecule has 2 heteroatoms. The number of benzene rings is 1. The predicted molar refractivity (Wildman–Crippen MR) is 113 cm³/mol. The Morgan fingerprint density at radius 3 is 1.96 bits per heavy atom. The smallest absolute Gasteiger partial charge is 0.293 e. The number of rotatable bonds is 4. The third-order valence-corrected chi connectivity index (χ3v) is 4.96. The molecule has 150 valence electrons. The van der Waals surface area contributed by atoms with Crippen LogP contribution < -0.4 is 0 Å². The van der Waals surface area contributed by atoms with E-state index in [-0.39, 0.29) is 0 Å². The average molecular weight is 363 g/mol. The van der Waals surface area contributed by atoms with E-state index in [0.29, 0.717) is 13.1 Å². The van der Waals surface area contributed by atoms with Crippen LogP contribution in [0.4, 0.5) is 0 Å². The number of hydrogen-bond donors (Lipinski definition) is 0. The number of carbonyl (C=O) groups excluding carboxylic acids is 1. The van der Waals surface area contributed by atoms with Crippen molar-refractivity contribution in [2.24, 2.45) is 17.8 Å². The lowest BCUT2D eigenvalue weighted by molar-refractivity contribution is -0.129. The Morgan fingerprint density at radius 2 is 1.50 bits per heavy atom. The van der Waals surface area contributed by atoms with Crippen LogP contribution >= 0.6 is 0 Å². The van der Waals surface area contributed by atoms with Gasteiger partial charge >= 0.3 is 0 Å². The van der Waals surface area contributed by atoms with Crippen molar-refractivity contribution >= 4 is 6.47 Å². The van der Waals surface area contributed by atoms with Crippen LogP contribution in [0.5, 0.6) is 0 Å². The fourth-order valence-electron chi connectivity index (χ4n) is 3.91. The maximum Gasteiger partial charge on any atom is 0.293 e. The Labute approximate surface area is 162 Å². The van der Waals surface area contributed by atoms with E-state index in [9.17, 15) is 4.79 Å². The zero-order valence-corrected chi connectivity index (χ0v) is 17.9. The molecular formula is C24H42O2. The molecular weight excluding hydrogens is 320 g/mol. The third-order valence-electron chi connectivity index (χ3n) is 4.96. The van der Waals surface area contributed by atoms with Crippen molar-refractivity contribution in [3.05, 3.63) is 35.9 Å². The zero-order valence-electron chi connectivity index (χ0n) is 17.9. The van der Waals surface area contributed by atoms with Crippen molar-refractivity contribution in [2.75, 3.05) is 0 Å². The molecule has 1 aromatic rings. The Morgan fingerprint density at radius 1 is 0.962 bits per heavy atom. The highest BCUT2D eigenvalue weighted by atomic mass is 16.5. The maximum absolute atomic E-state index is 9.76. The molecule has 3 rings (SSSR count). The van der Waals surface area contributed by atoms with Gasteiger partial charge in [-0.05, 0) is 42.6 Å². The molecule has 0 spiro atoms. The Kier molecular flexibility index (Phi) is 16.3. The summed E-state index contributed by atoms with van der Waals surface area (Å²) in [4.78, 5) is 9.76. The van der Waals surface area contributed by atoms with Crippen LogP contribution in [-0.4, -0.2) is 6.47 Å². The van der Waals surface area contributed by atoms with Gasteiger partial charge in [-0.3, -0.25) is 4.79 Å². The molecule has 0 radical (unpaired) electrons. The number of fused-ring (bicyclic) bond motifs is 2. The minimum atomic E-state index is 0.365. The summed E-state index contributed by atoms with van der Waals surface area (Å²) < 4.78 is 4.54. The SMILES string of the molecule is CC.CCC.CCC1CC2CCCC(C1)C2.O=COCc1ccccc1. The minimum absolute atomic E-state index is 0.365. The van der Waals surface area contributed by atoms with E-state index in [2.05, 4.69) is 25.5 Å². The maximum atomic E-state index is 9.76. The van der Waals surface area contributed by atoms with Gasteiger partial charge in [-0.1, -0.05) is 97.1 Å². The minimum Gasteiger partial charge on any atom is -0.463 e. The Balaban J connectivity index is 0.000000388. The van der Waals surface area contributed by atoms with Crippen LogP contribution in [0, 0.1) is 17.8 Å². The first-order chi connectivity index (χ1) is 12.7. The first-order valence-electron chi connectivity index (χ1n) is 10.8. The van der Waals surface area contributed by atoms with E-state index in [1.54, 1.807) is 32.1 Å². The second-order valence-electron chi connectivity index (χ2n) is 7.24. The normalized spacial score (nSPS) is 22.9. The van der Waals surface area contributed by atoms with Crippen LogP contribution in [0.25, 0.3) is 0 Å². The topological polar surface area (TPSA) is 26.3 Å². The summed E-state index contributed by atoms with van der Waals surface area (Å²) in [6, 6.07) is 9.55. The van der Waals surface area contributed by atoms with Gasteiger partial charge in [0.25, 0.3) is 6.47 Å². The molecule has 26 heavy (non-hydrogen) atoms. The van der Waals surface area contributed by atoms with E-state index in [4.69, 9.17) is 0 Å². The highest BCUT2D eigenvalue weighted by molar-refractivity contribution is 5.37. The van der Waals surface area contributed by atoms with Gasteiger partial charge in [-0.15, -0.1) is 0 Å². The molecule has 2 saturated carbocycles. The van der Waals surface area contributed by atoms with Gasteiger partial charge in [0.05, 0.1) is 0 Å². The van der Waals surface area contributed by atoms with E-state index < -0.39 is 0 Å². The average Bonchev–Trinajstić information content (AvgIpc) is 2.69. The highest BCUT2D eigenvalue weighted by Gasteiger charge is 2.30. The van der Waals surface area contributed by atoms with Gasteiger partial charge in [0.1, 0.15) is 6.61 Å². The van der Waals surface area contributed by atoms with Crippen molar-refractivity contribution in [1.29, 1.82) is 0 Å². The third kappa shape index (κ3) is 11.3. The van der Waals surface area contributed by atoms with Crippen LogP contribution in [0.2, 0.25) is 0 Å². The molecule has 0 aromatic heterocycles. The fraction of sp³-hybridized carbons (Fsp3) is 0.708. The van der Waals surface area contributed by atoms with Gasteiger partial charge in [0.2, 0.25) is 0 Å². The molecule has 2 aliphatic rings. The summed E-state index contributed by atoms with van der Waals surface area (Å²) in [6.45, 7) is 11.4. The van der Waals surface area contributed by atoms with Crippen molar-refractivity contribution in [1.82, 2.24) is 0 Å². The lowest BCUT2D eigenvalue weighted by Gasteiger charge is -2.38. The first-order valence-corrected chi connectivity index (χ1v) is 10.8. The van der Waals surface area contributed by atoms with Gasteiger partial charge in [-0.2, -0.15) is 0 Å². The molecule has 2 atom stereocenters. The first kappa shape index (κ1) is 24.7. The van der Waals surface area contributed by atoms with Crippen LogP contribution in [0.15, 0.2) is 30.3 Å². The number of hydrogen-bond acceptors (Lipinski definition) is 2. The molecule has 2 aliphatic carbocycles. The second-order valence-corrected chi connectivity index (χ2v) is 7.24. The number of ether oxygens (including phenoxy) is 1. The zero-order chi connectivity index (χ0) is 19.6. The fourth-order valence-corrected chi connectivity index (χ4v) is 3.91. The number of carbonyl (C=O) groups is 1. The van der Waals surface area contributed by atoms with Gasteiger partial charge in [0, 0.05) is 0 Å². The molecule has 0 saturated heterocycles. The molecule has 2 unspecified atom stereocenters. The summed E-state index contributed by atoms with van der Waals surface area (Å²) >= 11 is 0. The lowest BCUT2D eigenvalue weighted by atomic mass is 9.67. The van der Waals surface area contributed by atoms with Crippen LogP contribution in [0.1, 0.15) is 91.5 Å². The summed E-state index contributed by atoms with van der Waals surface area (Å²) in [7, 11) is 0. The summed E-state index contributed by atoms with van der Waals surface area (Å²) in [5, 5.41) is 0. The summed E-state index contributed by atoms with van der Waals surface area (Å²) in [6.07, 6.45) is 12.0. The molecule has 0 heterocycles. The highest BCUT2D eigenvalue weighted by Crippen LogP contribution is 2.43. The Hall–Kier alpha value is -1.31. The molecule has 0 aliphatic heterocycles. The molecule has 2 bridgehead atoms. The van der Waals surface area contributed by atoms with Gasteiger partial charge < -0.3 is 4.74 Å². The predicted octanol–water partition coefficient (Wildman–Crippen LogP) is 7.41. The van der Waals surface area contributed by atoms with Crippen molar-refractivity contribution in [2.45, 2.75) is 92.6 Å². The van der Waals surface area contributed by atoms with Gasteiger partial charge in [0.15, 0.2) is 0 Å². The van der Waals surface area contributed by atoms with Crippen LogP contribution in [-0.2, 0) is 16.1 Å². The van der Waals surface area contributed by atoms with E-state index in [1.807, 2.05) is 44.2 Å². The summed E-state index contributed by atoms with van der Waals surface area (Å²) in [5.41, 5.74) is 1.01. The molecule has 1 aromatic carbocycles. The second kappa shape index (κ2) is 17.1. The van der Waals surface area contributed by atoms with E-state index >= 15 is 0 Å². The van der Waals surface area contributed by atoms with Crippen molar-refractivity contribution in [3.8, 4) is 0 Å². The largest absolute Gasteiger partial charge is 0.463 e. The molecule has 0 N–H and O–H groups in total. The molecule has 0 amide bonds. The van der Waals surface area contributed by atoms with E-state index in [0.717, 1.165) is 23.3 Å². The quantitative estimate of drug-likeness (QED) is 0.521. The summed E-state index contributed by atoms with van der Waals surface area (Å²) in [5.74, 6) is 3.36. The monoisotopic (exact) mass is 362 g/mol.